The summed E-state index contributed by atoms with van der Waals surface area (Å²) in [5.41, 5.74) is 4.95. The Hall–Kier alpha value is -3.64. The maximum Gasteiger partial charge on any atom is 0.255 e. The third-order valence-electron chi connectivity index (χ3n) is 6.13. The predicted molar refractivity (Wildman–Crippen MR) is 141 cm³/mol. The van der Waals surface area contributed by atoms with Crippen LogP contribution in [0.3, 0.4) is 0 Å². The van der Waals surface area contributed by atoms with Crippen LogP contribution < -0.4 is 10.1 Å². The van der Waals surface area contributed by atoms with Crippen LogP contribution in [0.4, 0.5) is 10.1 Å². The lowest BCUT2D eigenvalue weighted by molar-refractivity contribution is 0.102. The standard InChI is InChI=1S/C29H29ClFN3O2/c1-18(2)22-11-13-24(14-12-22)36-17-21-7-5-8-23(15-21)29(35)32-28-19(3)33-34(20(28)4)16-25-26(30)9-6-10-27(25)31/h5-15,18H,16-17H2,1-4H3,(H,32,35). The number of carbonyl (C=O) groups is 1. The fourth-order valence-corrected chi connectivity index (χ4v) is 4.19. The number of rotatable bonds is 8. The van der Waals surface area contributed by atoms with Crippen LogP contribution in [0, 0.1) is 19.7 Å². The Bertz CT molecular complexity index is 1360. The van der Waals surface area contributed by atoms with Gasteiger partial charge in [0.2, 0.25) is 0 Å². The van der Waals surface area contributed by atoms with Gasteiger partial charge in [0.1, 0.15) is 18.2 Å². The van der Waals surface area contributed by atoms with Crippen molar-refractivity contribution in [1.29, 1.82) is 0 Å². The first-order valence-electron chi connectivity index (χ1n) is 11.8. The number of benzene rings is 3. The molecule has 0 spiro atoms. The van der Waals surface area contributed by atoms with Crippen LogP contribution in [-0.4, -0.2) is 15.7 Å². The van der Waals surface area contributed by atoms with Crippen molar-refractivity contribution in [2.45, 2.75) is 46.8 Å². The Balaban J connectivity index is 1.45. The van der Waals surface area contributed by atoms with E-state index in [4.69, 9.17) is 16.3 Å². The van der Waals surface area contributed by atoms with Crippen molar-refractivity contribution in [3.8, 4) is 5.75 Å². The second-order valence-corrected chi connectivity index (χ2v) is 9.48. The number of nitrogens with zero attached hydrogens (tertiary/aromatic N) is 2. The van der Waals surface area contributed by atoms with Crippen LogP contribution >= 0.6 is 11.6 Å². The lowest BCUT2D eigenvalue weighted by atomic mass is 10.0. The predicted octanol–water partition coefficient (Wildman–Crippen LogP) is 7.30. The zero-order valence-electron chi connectivity index (χ0n) is 20.8. The number of anilines is 1. The minimum Gasteiger partial charge on any atom is -0.489 e. The molecule has 7 heteroatoms. The molecule has 0 radical (unpaired) electrons. The largest absolute Gasteiger partial charge is 0.489 e. The summed E-state index contributed by atoms with van der Waals surface area (Å²) in [5.74, 6) is 0.595. The molecule has 0 aliphatic carbocycles. The summed E-state index contributed by atoms with van der Waals surface area (Å²) < 4.78 is 21.8. The Kier molecular flexibility index (Phi) is 7.75. The number of aryl methyl sites for hydroxylation is 1. The van der Waals surface area contributed by atoms with Gasteiger partial charge in [0.05, 0.1) is 23.6 Å². The molecule has 0 atom stereocenters. The van der Waals surface area contributed by atoms with E-state index in [0.717, 1.165) is 11.3 Å². The van der Waals surface area contributed by atoms with Gasteiger partial charge in [-0.2, -0.15) is 5.10 Å². The molecule has 4 rings (SSSR count). The van der Waals surface area contributed by atoms with Crippen molar-refractivity contribution in [1.82, 2.24) is 9.78 Å². The molecule has 1 heterocycles. The molecule has 36 heavy (non-hydrogen) atoms. The van der Waals surface area contributed by atoms with Gasteiger partial charge in [0.25, 0.3) is 5.91 Å². The van der Waals surface area contributed by atoms with E-state index in [1.54, 1.807) is 29.8 Å². The van der Waals surface area contributed by atoms with Crippen LogP contribution in [-0.2, 0) is 13.2 Å². The quantitative estimate of drug-likeness (QED) is 0.273. The van der Waals surface area contributed by atoms with Gasteiger partial charge in [0, 0.05) is 16.1 Å². The fourth-order valence-electron chi connectivity index (χ4n) is 3.97. The first kappa shape index (κ1) is 25.5. The average molecular weight is 506 g/mol. The van der Waals surface area contributed by atoms with Gasteiger partial charge in [-0.15, -0.1) is 0 Å². The third kappa shape index (κ3) is 5.77. The maximum atomic E-state index is 14.3. The summed E-state index contributed by atoms with van der Waals surface area (Å²) in [7, 11) is 0. The molecule has 0 bridgehead atoms. The average Bonchev–Trinajstić information content (AvgIpc) is 3.12. The van der Waals surface area contributed by atoms with Crippen LogP contribution in [0.2, 0.25) is 5.02 Å². The van der Waals surface area contributed by atoms with E-state index in [-0.39, 0.29) is 12.5 Å². The molecule has 0 aliphatic heterocycles. The Morgan fingerprint density at radius 2 is 1.81 bits per heavy atom. The van der Waals surface area contributed by atoms with Gasteiger partial charge in [-0.25, -0.2) is 4.39 Å². The van der Waals surface area contributed by atoms with E-state index in [1.807, 2.05) is 37.3 Å². The topological polar surface area (TPSA) is 56.2 Å². The zero-order valence-corrected chi connectivity index (χ0v) is 21.6. The molecule has 1 amide bonds. The SMILES string of the molecule is Cc1nn(Cc2c(F)cccc2Cl)c(C)c1NC(=O)c1cccc(COc2ccc(C(C)C)cc2)c1. The number of carbonyl (C=O) groups excluding carboxylic acids is 1. The number of aromatic nitrogens is 2. The van der Waals surface area contributed by atoms with E-state index in [1.165, 1.54) is 11.6 Å². The summed E-state index contributed by atoms with van der Waals surface area (Å²) >= 11 is 6.18. The molecule has 3 aromatic carbocycles. The lowest BCUT2D eigenvalue weighted by Gasteiger charge is -2.11. The number of hydrogen-bond acceptors (Lipinski definition) is 3. The highest BCUT2D eigenvalue weighted by Gasteiger charge is 2.17. The molecular formula is C29H29ClFN3O2. The van der Waals surface area contributed by atoms with Gasteiger partial charge < -0.3 is 10.1 Å². The molecular weight excluding hydrogens is 477 g/mol. The highest BCUT2D eigenvalue weighted by atomic mass is 35.5. The second-order valence-electron chi connectivity index (χ2n) is 9.07. The molecule has 4 aromatic rings. The van der Waals surface area contributed by atoms with E-state index in [0.29, 0.717) is 45.7 Å². The summed E-state index contributed by atoms with van der Waals surface area (Å²) in [6, 6.07) is 20.0. The molecule has 1 aromatic heterocycles. The second kappa shape index (κ2) is 11.0. The van der Waals surface area contributed by atoms with Gasteiger partial charge >= 0.3 is 0 Å². The van der Waals surface area contributed by atoms with Crippen molar-refractivity contribution in [2.24, 2.45) is 0 Å². The highest BCUT2D eigenvalue weighted by Crippen LogP contribution is 2.25. The summed E-state index contributed by atoms with van der Waals surface area (Å²) in [4.78, 5) is 13.1. The third-order valence-corrected chi connectivity index (χ3v) is 6.49. The number of ether oxygens (including phenoxy) is 1. The van der Waals surface area contributed by atoms with Crippen LogP contribution in [0.5, 0.6) is 5.75 Å². The van der Waals surface area contributed by atoms with Gasteiger partial charge in [0.15, 0.2) is 0 Å². The molecule has 0 unspecified atom stereocenters. The summed E-state index contributed by atoms with van der Waals surface area (Å²) in [5, 5.41) is 7.78. The lowest BCUT2D eigenvalue weighted by Crippen LogP contribution is -2.14. The first-order chi connectivity index (χ1) is 17.2. The number of hydrogen-bond donors (Lipinski definition) is 1. The molecule has 0 saturated heterocycles. The normalized spacial score (nSPS) is 11.1. The van der Waals surface area contributed by atoms with Crippen molar-refractivity contribution in [3.63, 3.8) is 0 Å². The fraction of sp³-hybridized carbons (Fsp3) is 0.241. The minimum absolute atomic E-state index is 0.166. The Morgan fingerprint density at radius 3 is 2.50 bits per heavy atom. The Labute approximate surface area is 215 Å². The zero-order chi connectivity index (χ0) is 25.8. The minimum atomic E-state index is -0.393. The monoisotopic (exact) mass is 505 g/mol. The highest BCUT2D eigenvalue weighted by molar-refractivity contribution is 6.31. The summed E-state index contributed by atoms with van der Waals surface area (Å²) in [6.45, 7) is 8.45. The molecule has 0 aliphatic rings. The molecule has 0 fully saturated rings. The van der Waals surface area contributed by atoms with Gasteiger partial charge in [-0.1, -0.05) is 55.8 Å². The van der Waals surface area contributed by atoms with E-state index in [9.17, 15) is 9.18 Å². The van der Waals surface area contributed by atoms with Crippen LogP contribution in [0.15, 0.2) is 66.7 Å². The number of amides is 1. The van der Waals surface area contributed by atoms with Crippen molar-refractivity contribution in [3.05, 3.63) is 111 Å². The van der Waals surface area contributed by atoms with Crippen molar-refractivity contribution < 1.29 is 13.9 Å². The molecule has 186 valence electrons. The van der Waals surface area contributed by atoms with E-state index < -0.39 is 5.82 Å². The van der Waals surface area contributed by atoms with E-state index in [2.05, 4.69) is 36.4 Å². The number of halogens is 2. The van der Waals surface area contributed by atoms with Gasteiger partial charge in [-0.3, -0.25) is 9.48 Å². The van der Waals surface area contributed by atoms with Crippen molar-refractivity contribution in [2.75, 3.05) is 5.32 Å². The first-order valence-corrected chi connectivity index (χ1v) is 12.2. The maximum absolute atomic E-state index is 14.3. The molecule has 0 saturated carbocycles. The van der Waals surface area contributed by atoms with Crippen LogP contribution in [0.1, 0.15) is 58.2 Å². The van der Waals surface area contributed by atoms with Crippen LogP contribution in [0.25, 0.3) is 0 Å². The van der Waals surface area contributed by atoms with Crippen molar-refractivity contribution >= 4 is 23.2 Å². The van der Waals surface area contributed by atoms with Gasteiger partial charge in [-0.05, 0) is 67.3 Å². The smallest absolute Gasteiger partial charge is 0.255 e. The summed E-state index contributed by atoms with van der Waals surface area (Å²) in [6.07, 6.45) is 0. The number of nitrogens with one attached hydrogen (secondary N) is 1. The molecule has 5 nitrogen and oxygen atoms in total. The molecule has 1 N–H and O–H groups in total. The Morgan fingerprint density at radius 1 is 1.08 bits per heavy atom. The van der Waals surface area contributed by atoms with E-state index >= 15 is 0 Å².